The highest BCUT2D eigenvalue weighted by Gasteiger charge is 2.29. The van der Waals surface area contributed by atoms with Crippen LogP contribution in [-0.4, -0.2) is 44.3 Å². The number of anilines is 1. The van der Waals surface area contributed by atoms with Gasteiger partial charge >= 0.3 is 0 Å². The van der Waals surface area contributed by atoms with E-state index in [1.165, 1.54) is 6.92 Å². The predicted molar refractivity (Wildman–Crippen MR) is 137 cm³/mol. The molecule has 2 aromatic carbocycles. The summed E-state index contributed by atoms with van der Waals surface area (Å²) < 4.78 is 1.99. The molecule has 0 bridgehead atoms. The Morgan fingerprint density at radius 2 is 1.94 bits per heavy atom. The van der Waals surface area contributed by atoms with Gasteiger partial charge in [0.1, 0.15) is 0 Å². The maximum absolute atomic E-state index is 13.4. The minimum atomic E-state index is -0.201. The topological polar surface area (TPSA) is 80.1 Å². The molecule has 4 aromatic rings. The molecule has 5 rings (SSSR count). The van der Waals surface area contributed by atoms with Crippen LogP contribution in [0.3, 0.4) is 0 Å². The van der Waals surface area contributed by atoms with Gasteiger partial charge in [-0.15, -0.1) is 0 Å². The molecule has 2 amide bonds. The highest BCUT2D eigenvalue weighted by molar-refractivity contribution is 6.31. The van der Waals surface area contributed by atoms with Crippen LogP contribution in [0, 0.1) is 0 Å². The molecule has 0 radical (unpaired) electrons. The first-order chi connectivity index (χ1) is 17.0. The van der Waals surface area contributed by atoms with Crippen LogP contribution in [-0.2, 0) is 17.8 Å². The van der Waals surface area contributed by atoms with Crippen LogP contribution in [0.25, 0.3) is 11.0 Å². The van der Waals surface area contributed by atoms with Crippen molar-refractivity contribution in [3.8, 4) is 0 Å². The number of rotatable bonds is 6. The van der Waals surface area contributed by atoms with Crippen molar-refractivity contribution in [3.63, 3.8) is 0 Å². The fourth-order valence-corrected chi connectivity index (χ4v) is 5.05. The van der Waals surface area contributed by atoms with E-state index in [1.54, 1.807) is 18.6 Å². The Morgan fingerprint density at radius 3 is 2.71 bits per heavy atom. The minimum Gasteiger partial charge on any atom is -0.338 e. The number of hydrogen-bond donors (Lipinski definition) is 1. The van der Waals surface area contributed by atoms with E-state index in [4.69, 9.17) is 11.6 Å². The van der Waals surface area contributed by atoms with Crippen LogP contribution in [0.4, 0.5) is 5.69 Å². The van der Waals surface area contributed by atoms with E-state index in [0.717, 1.165) is 34.6 Å². The van der Waals surface area contributed by atoms with E-state index in [-0.39, 0.29) is 17.7 Å². The molecule has 2 aromatic heterocycles. The lowest BCUT2D eigenvalue weighted by Gasteiger charge is -2.18. The SMILES string of the molecule is CC(=O)Nc1cc(C(=O)N2CC[C@H](c3ccccc3Cl)C2)cc2ncn(CCc3ccccn3)c12. The number of likely N-dealkylation sites (tertiary alicyclic amines) is 1. The second-order valence-corrected chi connectivity index (χ2v) is 9.25. The van der Waals surface area contributed by atoms with Crippen LogP contribution < -0.4 is 5.32 Å². The van der Waals surface area contributed by atoms with E-state index in [0.29, 0.717) is 36.4 Å². The smallest absolute Gasteiger partial charge is 0.254 e. The Kier molecular flexibility index (Phi) is 6.51. The zero-order valence-electron chi connectivity index (χ0n) is 19.4. The van der Waals surface area contributed by atoms with Gasteiger partial charge in [0.05, 0.1) is 23.0 Å². The zero-order valence-corrected chi connectivity index (χ0v) is 20.2. The number of aryl methyl sites for hydroxylation is 2. The quantitative estimate of drug-likeness (QED) is 0.419. The zero-order chi connectivity index (χ0) is 24.4. The van der Waals surface area contributed by atoms with Crippen LogP contribution in [0.2, 0.25) is 5.02 Å². The molecule has 1 atom stereocenters. The summed E-state index contributed by atoms with van der Waals surface area (Å²) in [7, 11) is 0. The number of amides is 2. The van der Waals surface area contributed by atoms with Gasteiger partial charge in [-0.2, -0.15) is 0 Å². The molecule has 7 nitrogen and oxygen atoms in total. The summed E-state index contributed by atoms with van der Waals surface area (Å²) in [5, 5.41) is 3.63. The second kappa shape index (κ2) is 9.88. The summed E-state index contributed by atoms with van der Waals surface area (Å²) in [5.41, 5.74) is 4.61. The average molecular weight is 488 g/mol. The largest absolute Gasteiger partial charge is 0.338 e. The third-order valence-electron chi connectivity index (χ3n) is 6.43. The highest BCUT2D eigenvalue weighted by atomic mass is 35.5. The minimum absolute atomic E-state index is 0.0731. The van der Waals surface area contributed by atoms with E-state index < -0.39 is 0 Å². The monoisotopic (exact) mass is 487 g/mol. The first kappa shape index (κ1) is 23.1. The normalized spacial score (nSPS) is 15.5. The van der Waals surface area contributed by atoms with Crippen molar-refractivity contribution < 1.29 is 9.59 Å². The van der Waals surface area contributed by atoms with Gasteiger partial charge in [-0.1, -0.05) is 35.9 Å². The number of fused-ring (bicyclic) bond motifs is 1. The molecular weight excluding hydrogens is 462 g/mol. The van der Waals surface area contributed by atoms with Crippen molar-refractivity contribution in [3.05, 3.63) is 89.0 Å². The van der Waals surface area contributed by atoms with Gasteiger partial charge in [-0.3, -0.25) is 14.6 Å². The number of carbonyl (C=O) groups excluding carboxylic acids is 2. The summed E-state index contributed by atoms with van der Waals surface area (Å²) in [5.74, 6) is -0.0681. The number of nitrogens with zero attached hydrogens (tertiary/aromatic N) is 4. The van der Waals surface area contributed by atoms with Crippen molar-refractivity contribution >= 4 is 40.1 Å². The summed E-state index contributed by atoms with van der Waals surface area (Å²) in [6, 6.07) is 17.2. The van der Waals surface area contributed by atoms with Crippen LogP contribution in [0.1, 0.15) is 40.9 Å². The average Bonchev–Trinajstić information content (AvgIpc) is 3.50. The van der Waals surface area contributed by atoms with Crippen LogP contribution in [0.5, 0.6) is 0 Å². The molecule has 1 saturated heterocycles. The summed E-state index contributed by atoms with van der Waals surface area (Å²) in [6.07, 6.45) is 5.11. The number of imidazole rings is 1. The standard InChI is InChI=1S/C27H26ClN5O2/c1-18(34)31-25-15-20(27(35)32-12-9-19(16-32)22-7-2-3-8-23(22)28)14-24-26(25)33(17-30-24)13-10-21-6-4-5-11-29-21/h2-8,11,14-15,17,19H,9-10,12-13,16H2,1H3,(H,31,34)/t19-/m0/s1. The van der Waals surface area contributed by atoms with Gasteiger partial charge in [0.25, 0.3) is 5.91 Å². The summed E-state index contributed by atoms with van der Waals surface area (Å²) in [4.78, 5) is 36.2. The molecular formula is C27H26ClN5O2. The highest BCUT2D eigenvalue weighted by Crippen LogP contribution is 2.33. The Hall–Kier alpha value is -3.71. The van der Waals surface area contributed by atoms with Gasteiger partial charge in [-0.05, 0) is 42.3 Å². The van der Waals surface area contributed by atoms with Crippen LogP contribution >= 0.6 is 11.6 Å². The Labute approximate surface area is 208 Å². The van der Waals surface area contributed by atoms with E-state index >= 15 is 0 Å². The van der Waals surface area contributed by atoms with Crippen molar-refractivity contribution in [2.24, 2.45) is 0 Å². The van der Waals surface area contributed by atoms with Crippen molar-refractivity contribution in [1.82, 2.24) is 19.4 Å². The number of carbonyl (C=O) groups is 2. The fraction of sp³-hybridized carbons (Fsp3) is 0.259. The maximum Gasteiger partial charge on any atom is 0.254 e. The predicted octanol–water partition coefficient (Wildman–Crippen LogP) is 4.92. The third-order valence-corrected chi connectivity index (χ3v) is 6.77. The van der Waals surface area contributed by atoms with Gasteiger partial charge in [0.15, 0.2) is 0 Å². The van der Waals surface area contributed by atoms with Gasteiger partial charge < -0.3 is 14.8 Å². The Morgan fingerprint density at radius 1 is 1.11 bits per heavy atom. The molecule has 1 N–H and O–H groups in total. The van der Waals surface area contributed by atoms with Crippen molar-refractivity contribution in [1.29, 1.82) is 0 Å². The van der Waals surface area contributed by atoms with Crippen LogP contribution in [0.15, 0.2) is 67.1 Å². The van der Waals surface area contributed by atoms with Gasteiger partial charge in [0, 0.05) is 61.4 Å². The van der Waals surface area contributed by atoms with E-state index in [1.807, 2.05) is 58.0 Å². The molecule has 0 saturated carbocycles. The van der Waals surface area contributed by atoms with Crippen molar-refractivity contribution in [2.45, 2.75) is 32.2 Å². The lowest BCUT2D eigenvalue weighted by Crippen LogP contribution is -2.28. The van der Waals surface area contributed by atoms with Gasteiger partial charge in [-0.25, -0.2) is 4.98 Å². The molecule has 8 heteroatoms. The lowest BCUT2D eigenvalue weighted by molar-refractivity contribution is -0.114. The number of pyridine rings is 1. The second-order valence-electron chi connectivity index (χ2n) is 8.84. The Balaban J connectivity index is 1.41. The van der Waals surface area contributed by atoms with Gasteiger partial charge in [0.2, 0.25) is 5.91 Å². The lowest BCUT2D eigenvalue weighted by atomic mass is 9.98. The maximum atomic E-state index is 13.4. The number of aromatic nitrogens is 3. The Bertz CT molecular complexity index is 1390. The summed E-state index contributed by atoms with van der Waals surface area (Å²) >= 11 is 6.39. The van der Waals surface area contributed by atoms with E-state index in [9.17, 15) is 9.59 Å². The van der Waals surface area contributed by atoms with Crippen molar-refractivity contribution in [2.75, 3.05) is 18.4 Å². The summed E-state index contributed by atoms with van der Waals surface area (Å²) in [6.45, 7) is 3.37. The first-order valence-corrected chi connectivity index (χ1v) is 12.1. The molecule has 3 heterocycles. The fourth-order valence-electron chi connectivity index (χ4n) is 4.76. The molecule has 0 spiro atoms. The molecule has 35 heavy (non-hydrogen) atoms. The number of nitrogens with one attached hydrogen (secondary N) is 1. The number of hydrogen-bond acceptors (Lipinski definition) is 4. The van der Waals surface area contributed by atoms with E-state index in [2.05, 4.69) is 15.3 Å². The third kappa shape index (κ3) is 4.91. The molecule has 0 aliphatic carbocycles. The number of benzene rings is 2. The number of halogens is 1. The molecule has 1 aliphatic heterocycles. The molecule has 0 unspecified atom stereocenters. The molecule has 1 fully saturated rings. The molecule has 178 valence electrons. The first-order valence-electron chi connectivity index (χ1n) is 11.7. The molecule has 1 aliphatic rings.